The maximum absolute atomic E-state index is 12.4. The third-order valence-electron chi connectivity index (χ3n) is 4.18. The van der Waals surface area contributed by atoms with Crippen LogP contribution in [-0.2, 0) is 16.0 Å². The Bertz CT molecular complexity index is 756. The van der Waals surface area contributed by atoms with Gasteiger partial charge in [-0.05, 0) is 41.8 Å². The van der Waals surface area contributed by atoms with Gasteiger partial charge in [-0.3, -0.25) is 4.79 Å². The summed E-state index contributed by atoms with van der Waals surface area (Å²) in [7, 11) is 7.67. The molecule has 2 aromatic carbocycles. The van der Waals surface area contributed by atoms with E-state index in [2.05, 4.69) is 0 Å². The van der Waals surface area contributed by atoms with Crippen molar-refractivity contribution in [2.75, 3.05) is 35.5 Å². The van der Waals surface area contributed by atoms with Crippen molar-refractivity contribution in [1.29, 1.82) is 0 Å². The first kappa shape index (κ1) is 19.4. The molecule has 0 aliphatic heterocycles. The molecule has 0 heterocycles. The maximum Gasteiger partial charge on any atom is 0.313 e. The zero-order valence-electron chi connectivity index (χ0n) is 15.7. The fourth-order valence-corrected chi connectivity index (χ4v) is 2.79. The molecule has 0 saturated carbocycles. The van der Waals surface area contributed by atoms with Crippen LogP contribution in [0.2, 0.25) is 0 Å². The van der Waals surface area contributed by atoms with Crippen LogP contribution in [0.25, 0.3) is 0 Å². The van der Waals surface area contributed by atoms with E-state index < -0.39 is 5.92 Å². The summed E-state index contributed by atoms with van der Waals surface area (Å²) in [5.41, 5.74) is 1.71. The first-order chi connectivity index (χ1) is 12.6. The van der Waals surface area contributed by atoms with E-state index in [0.29, 0.717) is 29.4 Å². The minimum atomic E-state index is -0.488. The number of carbonyl (C=O) groups excluding carboxylic acids is 1. The summed E-state index contributed by atoms with van der Waals surface area (Å²) in [4.78, 5) is 12.4. The second-order valence-electron chi connectivity index (χ2n) is 5.58. The van der Waals surface area contributed by atoms with Gasteiger partial charge in [0, 0.05) is 0 Å². The van der Waals surface area contributed by atoms with Crippen LogP contribution in [0.5, 0.6) is 23.0 Å². The zero-order chi connectivity index (χ0) is 19.1. The SMILES string of the molecule is COC(=O)C(Cc1ccc(OC)c(OC)c1)c1ccc(OC)c(OC)c1. The predicted octanol–water partition coefficient (Wildman–Crippen LogP) is 3.22. The highest BCUT2D eigenvalue weighted by Gasteiger charge is 2.24. The smallest absolute Gasteiger partial charge is 0.313 e. The van der Waals surface area contributed by atoms with Gasteiger partial charge in [-0.2, -0.15) is 0 Å². The van der Waals surface area contributed by atoms with Gasteiger partial charge in [0.1, 0.15) is 0 Å². The van der Waals surface area contributed by atoms with Crippen molar-refractivity contribution in [2.45, 2.75) is 12.3 Å². The Morgan fingerprint density at radius 3 is 1.85 bits per heavy atom. The van der Waals surface area contributed by atoms with Crippen LogP contribution < -0.4 is 18.9 Å². The summed E-state index contributed by atoms with van der Waals surface area (Å²) >= 11 is 0. The molecular formula is C20H24O6. The van der Waals surface area contributed by atoms with Gasteiger partial charge in [0.25, 0.3) is 0 Å². The van der Waals surface area contributed by atoms with Gasteiger partial charge in [0.2, 0.25) is 0 Å². The fourth-order valence-electron chi connectivity index (χ4n) is 2.79. The molecule has 0 spiro atoms. The van der Waals surface area contributed by atoms with Crippen LogP contribution in [0.15, 0.2) is 36.4 Å². The van der Waals surface area contributed by atoms with Crippen LogP contribution in [0.3, 0.4) is 0 Å². The molecule has 6 nitrogen and oxygen atoms in total. The van der Waals surface area contributed by atoms with Crippen LogP contribution in [0.4, 0.5) is 0 Å². The predicted molar refractivity (Wildman–Crippen MR) is 97.6 cm³/mol. The standard InChI is InChI=1S/C20H24O6/c1-22-16-8-6-13(11-18(16)24-3)10-15(20(21)26-5)14-7-9-17(23-2)19(12-14)25-4/h6-9,11-12,15H,10H2,1-5H3. The lowest BCUT2D eigenvalue weighted by Gasteiger charge is -2.18. The second-order valence-corrected chi connectivity index (χ2v) is 5.58. The van der Waals surface area contributed by atoms with E-state index in [1.807, 2.05) is 24.3 Å². The van der Waals surface area contributed by atoms with E-state index in [4.69, 9.17) is 23.7 Å². The Hall–Kier alpha value is -2.89. The monoisotopic (exact) mass is 360 g/mol. The van der Waals surface area contributed by atoms with Crippen molar-refractivity contribution < 1.29 is 28.5 Å². The normalized spacial score (nSPS) is 11.4. The molecule has 0 amide bonds. The molecule has 1 atom stereocenters. The Morgan fingerprint density at radius 2 is 1.31 bits per heavy atom. The molecule has 0 aromatic heterocycles. The van der Waals surface area contributed by atoms with Crippen LogP contribution >= 0.6 is 0 Å². The molecule has 0 fully saturated rings. The maximum atomic E-state index is 12.4. The molecule has 6 heteroatoms. The number of rotatable bonds is 8. The van der Waals surface area contributed by atoms with Crippen molar-refractivity contribution >= 4 is 5.97 Å². The van der Waals surface area contributed by atoms with Crippen LogP contribution in [0, 0.1) is 0 Å². The summed E-state index contributed by atoms with van der Waals surface area (Å²) in [6.45, 7) is 0. The van der Waals surface area contributed by atoms with Gasteiger partial charge in [-0.15, -0.1) is 0 Å². The van der Waals surface area contributed by atoms with Gasteiger partial charge in [-0.1, -0.05) is 12.1 Å². The number of benzene rings is 2. The van der Waals surface area contributed by atoms with E-state index in [0.717, 1.165) is 11.1 Å². The van der Waals surface area contributed by atoms with Crippen molar-refractivity contribution in [3.05, 3.63) is 47.5 Å². The Kier molecular flexibility index (Phi) is 6.72. The quantitative estimate of drug-likeness (QED) is 0.674. The molecule has 0 bridgehead atoms. The third kappa shape index (κ3) is 4.20. The lowest BCUT2D eigenvalue weighted by atomic mass is 9.91. The average Bonchev–Trinajstić information content (AvgIpc) is 2.70. The van der Waals surface area contributed by atoms with Crippen molar-refractivity contribution in [3.63, 3.8) is 0 Å². The summed E-state index contributed by atoms with van der Waals surface area (Å²) in [6.07, 6.45) is 0.447. The molecule has 0 N–H and O–H groups in total. The van der Waals surface area contributed by atoms with E-state index in [9.17, 15) is 4.79 Å². The van der Waals surface area contributed by atoms with E-state index in [1.54, 1.807) is 40.6 Å². The van der Waals surface area contributed by atoms with Gasteiger partial charge in [-0.25, -0.2) is 0 Å². The van der Waals surface area contributed by atoms with Gasteiger partial charge in [0.05, 0.1) is 41.5 Å². The lowest BCUT2D eigenvalue weighted by Crippen LogP contribution is -2.17. The molecule has 140 valence electrons. The van der Waals surface area contributed by atoms with Gasteiger partial charge in [0.15, 0.2) is 23.0 Å². The highest BCUT2D eigenvalue weighted by Crippen LogP contribution is 2.34. The fraction of sp³-hybridized carbons (Fsp3) is 0.350. The zero-order valence-corrected chi connectivity index (χ0v) is 15.7. The van der Waals surface area contributed by atoms with Crippen molar-refractivity contribution in [1.82, 2.24) is 0 Å². The molecule has 1 unspecified atom stereocenters. The lowest BCUT2D eigenvalue weighted by molar-refractivity contribution is -0.142. The number of hydrogen-bond acceptors (Lipinski definition) is 6. The first-order valence-corrected chi connectivity index (χ1v) is 8.08. The number of ether oxygens (including phenoxy) is 5. The Balaban J connectivity index is 2.38. The molecular weight excluding hydrogens is 336 g/mol. The van der Waals surface area contributed by atoms with E-state index in [1.165, 1.54) is 7.11 Å². The van der Waals surface area contributed by atoms with Gasteiger partial charge < -0.3 is 23.7 Å². The Labute approximate surface area is 153 Å². The van der Waals surface area contributed by atoms with Crippen molar-refractivity contribution in [3.8, 4) is 23.0 Å². The molecule has 2 aromatic rings. The molecule has 26 heavy (non-hydrogen) atoms. The van der Waals surface area contributed by atoms with Crippen LogP contribution in [-0.4, -0.2) is 41.5 Å². The highest BCUT2D eigenvalue weighted by atomic mass is 16.5. The minimum absolute atomic E-state index is 0.327. The minimum Gasteiger partial charge on any atom is -0.493 e. The number of hydrogen-bond donors (Lipinski definition) is 0. The highest BCUT2D eigenvalue weighted by molar-refractivity contribution is 5.79. The number of esters is 1. The molecule has 0 radical (unpaired) electrons. The largest absolute Gasteiger partial charge is 0.493 e. The molecule has 0 saturated heterocycles. The Morgan fingerprint density at radius 1 is 0.769 bits per heavy atom. The van der Waals surface area contributed by atoms with Gasteiger partial charge >= 0.3 is 5.97 Å². The summed E-state index contributed by atoms with van der Waals surface area (Å²) < 4.78 is 26.2. The van der Waals surface area contributed by atoms with E-state index >= 15 is 0 Å². The number of methoxy groups -OCH3 is 5. The number of carbonyl (C=O) groups is 1. The first-order valence-electron chi connectivity index (χ1n) is 8.08. The van der Waals surface area contributed by atoms with Crippen molar-refractivity contribution in [2.24, 2.45) is 0 Å². The molecule has 0 aliphatic carbocycles. The van der Waals surface area contributed by atoms with E-state index in [-0.39, 0.29) is 5.97 Å². The molecule has 2 rings (SSSR count). The summed E-state index contributed by atoms with van der Waals surface area (Å²) in [6, 6.07) is 11.0. The third-order valence-corrected chi connectivity index (χ3v) is 4.18. The topological polar surface area (TPSA) is 63.2 Å². The van der Waals surface area contributed by atoms with Crippen LogP contribution in [0.1, 0.15) is 17.0 Å². The summed E-state index contributed by atoms with van der Waals surface area (Å²) in [5, 5.41) is 0. The molecule has 0 aliphatic rings. The summed E-state index contributed by atoms with van der Waals surface area (Å²) in [5.74, 6) is 1.60. The average molecular weight is 360 g/mol. The second kappa shape index (κ2) is 8.99.